The van der Waals surface area contributed by atoms with Gasteiger partial charge in [0.1, 0.15) is 5.82 Å². The zero-order chi connectivity index (χ0) is 20.2. The van der Waals surface area contributed by atoms with Crippen LogP contribution in [0, 0.1) is 13.8 Å². The normalized spacial score (nSPS) is 10.8. The van der Waals surface area contributed by atoms with E-state index in [9.17, 15) is 0 Å². The van der Waals surface area contributed by atoms with E-state index in [1.807, 2.05) is 62.4 Å². The van der Waals surface area contributed by atoms with Crippen LogP contribution in [0.25, 0.3) is 5.69 Å². The molecule has 0 fully saturated rings. The summed E-state index contributed by atoms with van der Waals surface area (Å²) in [7, 11) is 0. The Morgan fingerprint density at radius 1 is 1.00 bits per heavy atom. The Balaban J connectivity index is 1.51. The van der Waals surface area contributed by atoms with Crippen molar-refractivity contribution in [3.8, 4) is 5.69 Å². The molecule has 2 aromatic carbocycles. The highest BCUT2D eigenvalue weighted by Crippen LogP contribution is 2.23. The van der Waals surface area contributed by atoms with Crippen LogP contribution in [0.15, 0.2) is 53.7 Å². The molecule has 0 aliphatic rings. The number of tetrazole rings is 1. The molecule has 4 aromatic rings. The van der Waals surface area contributed by atoms with Crippen LogP contribution in [0.1, 0.15) is 17.0 Å². The van der Waals surface area contributed by atoms with Gasteiger partial charge in [0.15, 0.2) is 0 Å². The Bertz CT molecular complexity index is 1120. The molecule has 2 heterocycles. The van der Waals surface area contributed by atoms with Gasteiger partial charge >= 0.3 is 0 Å². The number of aromatic nitrogens is 7. The molecule has 9 nitrogen and oxygen atoms in total. The van der Waals surface area contributed by atoms with Crippen LogP contribution in [0.3, 0.4) is 0 Å². The molecule has 0 unspecified atom stereocenters. The highest BCUT2D eigenvalue weighted by Gasteiger charge is 2.12. The zero-order valence-electron chi connectivity index (χ0n) is 15.9. The molecule has 3 N–H and O–H groups in total. The van der Waals surface area contributed by atoms with E-state index >= 15 is 0 Å². The van der Waals surface area contributed by atoms with Crippen molar-refractivity contribution in [2.75, 3.05) is 11.1 Å². The molecule has 0 spiro atoms. The van der Waals surface area contributed by atoms with Gasteiger partial charge < -0.3 is 11.1 Å². The fourth-order valence-electron chi connectivity index (χ4n) is 2.64. The molecular formula is C19H19N9S. The van der Waals surface area contributed by atoms with E-state index in [0.29, 0.717) is 22.7 Å². The number of nitrogens with two attached hydrogens (primary N) is 1. The number of nitrogen functional groups attached to an aromatic ring is 1. The van der Waals surface area contributed by atoms with Crippen LogP contribution in [0.2, 0.25) is 0 Å². The van der Waals surface area contributed by atoms with E-state index in [0.717, 1.165) is 16.9 Å². The van der Waals surface area contributed by atoms with E-state index in [-0.39, 0.29) is 5.95 Å². The Morgan fingerprint density at radius 3 is 2.59 bits per heavy atom. The Kier molecular flexibility index (Phi) is 5.34. The predicted octanol–water partition coefficient (Wildman–Crippen LogP) is 3.08. The third kappa shape index (κ3) is 4.49. The fraction of sp³-hybridized carbons (Fsp3) is 0.158. The van der Waals surface area contributed by atoms with Gasteiger partial charge in [0, 0.05) is 5.69 Å². The fourth-order valence-corrected chi connectivity index (χ4v) is 3.38. The lowest BCUT2D eigenvalue weighted by atomic mass is 10.2. The van der Waals surface area contributed by atoms with Gasteiger partial charge in [0.2, 0.25) is 17.1 Å². The van der Waals surface area contributed by atoms with Crippen LogP contribution in [0.4, 0.5) is 17.6 Å². The lowest BCUT2D eigenvalue weighted by Crippen LogP contribution is -2.07. The largest absolute Gasteiger partial charge is 0.368 e. The number of anilines is 3. The third-order valence-corrected chi connectivity index (χ3v) is 5.06. The van der Waals surface area contributed by atoms with E-state index < -0.39 is 0 Å². The summed E-state index contributed by atoms with van der Waals surface area (Å²) in [5, 5.41) is 15.8. The van der Waals surface area contributed by atoms with Gasteiger partial charge in [-0.25, -0.2) is 0 Å². The van der Waals surface area contributed by atoms with Crippen molar-refractivity contribution in [2.24, 2.45) is 0 Å². The summed E-state index contributed by atoms with van der Waals surface area (Å²) in [5.74, 6) is 1.55. The van der Waals surface area contributed by atoms with Gasteiger partial charge in [0.05, 0.1) is 11.4 Å². The van der Waals surface area contributed by atoms with Crippen molar-refractivity contribution in [1.82, 2.24) is 35.2 Å². The van der Waals surface area contributed by atoms with E-state index in [1.165, 1.54) is 17.3 Å². The second-order valence-corrected chi connectivity index (χ2v) is 7.31. The molecule has 0 aliphatic carbocycles. The molecule has 0 saturated heterocycles. The van der Waals surface area contributed by atoms with Crippen LogP contribution < -0.4 is 11.1 Å². The summed E-state index contributed by atoms with van der Waals surface area (Å²) in [6, 6.07) is 15.9. The predicted molar refractivity (Wildman–Crippen MR) is 112 cm³/mol. The van der Waals surface area contributed by atoms with Crippen molar-refractivity contribution in [3.63, 3.8) is 0 Å². The first kappa shape index (κ1) is 18.8. The van der Waals surface area contributed by atoms with Gasteiger partial charge in [-0.2, -0.15) is 19.6 Å². The minimum atomic E-state index is 0.157. The van der Waals surface area contributed by atoms with Gasteiger partial charge in [-0.05, 0) is 48.0 Å². The van der Waals surface area contributed by atoms with Crippen molar-refractivity contribution in [2.45, 2.75) is 24.8 Å². The molecule has 0 aliphatic heterocycles. The minimum Gasteiger partial charge on any atom is -0.368 e. The van der Waals surface area contributed by atoms with Gasteiger partial charge in [0.25, 0.3) is 0 Å². The first-order chi connectivity index (χ1) is 14.1. The lowest BCUT2D eigenvalue weighted by molar-refractivity contribution is 0.756. The summed E-state index contributed by atoms with van der Waals surface area (Å²) in [6.07, 6.45) is 0. The summed E-state index contributed by atoms with van der Waals surface area (Å²) in [6.45, 7) is 4.04. The summed E-state index contributed by atoms with van der Waals surface area (Å²) in [4.78, 5) is 12.9. The molecule has 29 heavy (non-hydrogen) atoms. The standard InChI is InChI=1S/C19H19N9S/c1-12-7-9-14(10-8-12)28-19(25-26-27-28)29-11-16-22-17(20)24-18(23-16)21-15-6-4-3-5-13(15)2/h3-10H,11H2,1-2H3,(H3,20,21,22,23,24). The smallest absolute Gasteiger partial charge is 0.232 e. The van der Waals surface area contributed by atoms with E-state index in [4.69, 9.17) is 5.73 Å². The van der Waals surface area contributed by atoms with Crippen LogP contribution >= 0.6 is 11.8 Å². The second kappa shape index (κ2) is 8.23. The average molecular weight is 405 g/mol. The molecule has 146 valence electrons. The molecule has 4 rings (SSSR count). The summed E-state index contributed by atoms with van der Waals surface area (Å²) in [5.41, 5.74) is 9.94. The Hall–Kier alpha value is -3.53. The molecule has 0 atom stereocenters. The van der Waals surface area contributed by atoms with Crippen molar-refractivity contribution >= 4 is 29.3 Å². The number of hydrogen-bond donors (Lipinski definition) is 2. The van der Waals surface area contributed by atoms with E-state index in [1.54, 1.807) is 4.68 Å². The van der Waals surface area contributed by atoms with Crippen LogP contribution in [0.5, 0.6) is 0 Å². The number of aryl methyl sites for hydroxylation is 2. The van der Waals surface area contributed by atoms with Crippen molar-refractivity contribution in [3.05, 3.63) is 65.5 Å². The highest BCUT2D eigenvalue weighted by molar-refractivity contribution is 7.98. The molecule has 0 amide bonds. The van der Waals surface area contributed by atoms with Crippen molar-refractivity contribution < 1.29 is 0 Å². The maximum atomic E-state index is 5.88. The molecule has 2 aromatic heterocycles. The lowest BCUT2D eigenvalue weighted by Gasteiger charge is -2.09. The average Bonchev–Trinajstić information content (AvgIpc) is 3.17. The quantitative estimate of drug-likeness (QED) is 0.466. The van der Waals surface area contributed by atoms with Gasteiger partial charge in [-0.15, -0.1) is 5.10 Å². The SMILES string of the molecule is Cc1ccc(-n2nnnc2SCc2nc(N)nc(Nc3ccccc3C)n2)cc1. The molecule has 0 bridgehead atoms. The van der Waals surface area contributed by atoms with Crippen molar-refractivity contribution in [1.29, 1.82) is 0 Å². The second-order valence-electron chi connectivity index (χ2n) is 6.37. The first-order valence-corrected chi connectivity index (χ1v) is 9.88. The van der Waals surface area contributed by atoms with Crippen LogP contribution in [-0.4, -0.2) is 35.2 Å². The number of rotatable bonds is 6. The molecule has 0 radical (unpaired) electrons. The van der Waals surface area contributed by atoms with Gasteiger partial charge in [-0.3, -0.25) is 0 Å². The molecular weight excluding hydrogens is 386 g/mol. The maximum absolute atomic E-state index is 5.88. The highest BCUT2D eigenvalue weighted by atomic mass is 32.2. The summed E-state index contributed by atoms with van der Waals surface area (Å²) >= 11 is 1.42. The molecule has 10 heteroatoms. The number of benzene rings is 2. The third-order valence-electron chi connectivity index (χ3n) is 4.14. The zero-order valence-corrected chi connectivity index (χ0v) is 16.8. The number of thioether (sulfide) groups is 1. The maximum Gasteiger partial charge on any atom is 0.232 e. The van der Waals surface area contributed by atoms with Gasteiger partial charge in [-0.1, -0.05) is 47.7 Å². The topological polar surface area (TPSA) is 120 Å². The van der Waals surface area contributed by atoms with E-state index in [2.05, 4.69) is 35.8 Å². The minimum absolute atomic E-state index is 0.157. The molecule has 0 saturated carbocycles. The first-order valence-electron chi connectivity index (χ1n) is 8.90. The van der Waals surface area contributed by atoms with Crippen LogP contribution in [-0.2, 0) is 5.75 Å². The number of hydrogen-bond acceptors (Lipinski definition) is 9. The number of para-hydroxylation sites is 1. The number of nitrogens with one attached hydrogen (secondary N) is 1. The monoisotopic (exact) mass is 405 g/mol. The Labute approximate surface area is 171 Å². The summed E-state index contributed by atoms with van der Waals surface area (Å²) < 4.78 is 1.68. The number of nitrogens with zero attached hydrogens (tertiary/aromatic N) is 7. The Morgan fingerprint density at radius 2 is 1.79 bits per heavy atom.